The normalized spacial score (nSPS) is 10.8. The number of rotatable bonds is 5. The Hall–Kier alpha value is -3.94. The summed E-state index contributed by atoms with van der Waals surface area (Å²) in [6, 6.07) is 17.0. The minimum atomic E-state index is -0.422. The van der Waals surface area contributed by atoms with Crippen LogP contribution in [0.25, 0.3) is 5.78 Å². The molecule has 2 N–H and O–H groups in total. The van der Waals surface area contributed by atoms with Crippen LogP contribution in [0.3, 0.4) is 0 Å². The molecule has 0 aliphatic rings. The Balaban J connectivity index is 1.53. The van der Waals surface area contributed by atoms with Gasteiger partial charge in [-0.05, 0) is 43.7 Å². The van der Waals surface area contributed by atoms with Gasteiger partial charge in [-0.25, -0.2) is 13.9 Å². The fourth-order valence-electron chi connectivity index (χ4n) is 3.03. The molecule has 2 heterocycles. The molecule has 0 saturated carbocycles. The second-order valence-electron chi connectivity index (χ2n) is 6.78. The van der Waals surface area contributed by atoms with E-state index in [0.29, 0.717) is 11.5 Å². The highest BCUT2D eigenvalue weighted by Gasteiger charge is 2.13. The van der Waals surface area contributed by atoms with Crippen LogP contribution in [-0.4, -0.2) is 25.1 Å². The maximum absolute atomic E-state index is 12.5. The number of aryl methyl sites for hydroxylation is 2. The molecule has 4 rings (SSSR count). The molecule has 146 valence electrons. The van der Waals surface area contributed by atoms with Crippen LogP contribution in [0.1, 0.15) is 11.1 Å². The molecule has 2 aromatic heterocycles. The highest BCUT2D eigenvalue weighted by molar-refractivity contribution is 5.91. The maximum Gasteiger partial charge on any atom is 0.352 e. The van der Waals surface area contributed by atoms with Crippen molar-refractivity contribution < 1.29 is 4.79 Å². The molecule has 0 unspecified atom stereocenters. The Bertz CT molecular complexity index is 1240. The molecule has 8 nitrogen and oxygen atoms in total. The first-order chi connectivity index (χ1) is 14.0. The first-order valence-corrected chi connectivity index (χ1v) is 9.15. The molecule has 4 aromatic rings. The van der Waals surface area contributed by atoms with E-state index in [-0.39, 0.29) is 18.2 Å². The minimum absolute atomic E-state index is 0.197. The minimum Gasteiger partial charge on any atom is -0.340 e. The average Bonchev–Trinajstić information content (AvgIpc) is 3.00. The first-order valence-electron chi connectivity index (χ1n) is 9.15. The molecule has 0 atom stereocenters. The van der Waals surface area contributed by atoms with Crippen LogP contribution >= 0.6 is 0 Å². The zero-order valence-corrected chi connectivity index (χ0v) is 16.1. The van der Waals surface area contributed by atoms with Gasteiger partial charge in [0, 0.05) is 17.6 Å². The Morgan fingerprint density at radius 2 is 1.86 bits per heavy atom. The maximum atomic E-state index is 12.5. The monoisotopic (exact) mass is 388 g/mol. The van der Waals surface area contributed by atoms with Gasteiger partial charge >= 0.3 is 5.69 Å². The topological polar surface area (TPSA) is 93.3 Å². The smallest absolute Gasteiger partial charge is 0.340 e. The second kappa shape index (κ2) is 7.59. The summed E-state index contributed by atoms with van der Waals surface area (Å²) in [7, 11) is 0. The zero-order valence-electron chi connectivity index (χ0n) is 16.1. The number of carbonyl (C=O) groups is 1. The van der Waals surface area contributed by atoms with E-state index in [9.17, 15) is 9.59 Å². The Kier molecular flexibility index (Phi) is 4.82. The van der Waals surface area contributed by atoms with Crippen LogP contribution in [0, 0.1) is 13.8 Å². The van der Waals surface area contributed by atoms with E-state index in [4.69, 9.17) is 0 Å². The zero-order chi connectivity index (χ0) is 20.4. The third kappa shape index (κ3) is 4.01. The molecule has 2 aromatic carbocycles. The molecule has 29 heavy (non-hydrogen) atoms. The average molecular weight is 388 g/mol. The third-order valence-corrected chi connectivity index (χ3v) is 4.45. The summed E-state index contributed by atoms with van der Waals surface area (Å²) in [5, 5.41) is 10.2. The number of hydrogen-bond acceptors (Lipinski definition) is 5. The standard InChI is InChI=1S/C21H20N6O2/c1-14-8-9-17(15(2)12-14)23-19(28)13-27-21(29)26-11-10-18(24-20(26)25-27)22-16-6-4-3-5-7-16/h3-12H,13H2,1-2H3,(H,23,28)(H,22,24,25). The lowest BCUT2D eigenvalue weighted by Gasteiger charge is -2.08. The van der Waals surface area contributed by atoms with Gasteiger partial charge < -0.3 is 10.6 Å². The molecule has 0 aliphatic carbocycles. The lowest BCUT2D eigenvalue weighted by atomic mass is 10.1. The van der Waals surface area contributed by atoms with E-state index >= 15 is 0 Å². The van der Waals surface area contributed by atoms with Gasteiger partial charge in [0.25, 0.3) is 5.78 Å². The Morgan fingerprint density at radius 3 is 2.62 bits per heavy atom. The summed E-state index contributed by atoms with van der Waals surface area (Å²) >= 11 is 0. The molecule has 0 bridgehead atoms. The van der Waals surface area contributed by atoms with Crippen molar-refractivity contribution in [2.45, 2.75) is 20.4 Å². The van der Waals surface area contributed by atoms with Gasteiger partial charge in [-0.15, -0.1) is 5.10 Å². The molecule has 1 amide bonds. The number of benzene rings is 2. The third-order valence-electron chi connectivity index (χ3n) is 4.45. The van der Waals surface area contributed by atoms with Crippen molar-refractivity contribution >= 4 is 28.9 Å². The van der Waals surface area contributed by atoms with E-state index in [1.54, 1.807) is 12.3 Å². The van der Waals surface area contributed by atoms with Crippen molar-refractivity contribution in [1.82, 2.24) is 19.2 Å². The predicted octanol–water partition coefficient (Wildman–Crippen LogP) is 2.89. The highest BCUT2D eigenvalue weighted by Crippen LogP contribution is 2.16. The Labute approximate surface area is 166 Å². The summed E-state index contributed by atoms with van der Waals surface area (Å²) in [6.07, 6.45) is 1.58. The van der Waals surface area contributed by atoms with Crippen LogP contribution in [0.5, 0.6) is 0 Å². The molecule has 0 fully saturated rings. The van der Waals surface area contributed by atoms with Gasteiger partial charge in [0.05, 0.1) is 0 Å². The van der Waals surface area contributed by atoms with Gasteiger partial charge in [-0.2, -0.15) is 4.98 Å². The van der Waals surface area contributed by atoms with Gasteiger partial charge in [-0.1, -0.05) is 35.9 Å². The van der Waals surface area contributed by atoms with Gasteiger partial charge in [-0.3, -0.25) is 4.79 Å². The molecular weight excluding hydrogens is 368 g/mol. The number of para-hydroxylation sites is 1. The predicted molar refractivity (Wildman–Crippen MR) is 112 cm³/mol. The molecule has 0 aliphatic heterocycles. The fourth-order valence-corrected chi connectivity index (χ4v) is 3.03. The number of hydrogen-bond donors (Lipinski definition) is 2. The molecular formula is C21H20N6O2. The molecule has 0 spiro atoms. The van der Waals surface area contributed by atoms with Gasteiger partial charge in [0.15, 0.2) is 0 Å². The summed E-state index contributed by atoms with van der Waals surface area (Å²) in [5.74, 6) is 0.445. The molecule has 0 radical (unpaired) electrons. The Morgan fingerprint density at radius 1 is 1.07 bits per heavy atom. The summed E-state index contributed by atoms with van der Waals surface area (Å²) in [5.41, 5.74) is 3.24. The van der Waals surface area contributed by atoms with E-state index in [0.717, 1.165) is 21.5 Å². The number of fused-ring (bicyclic) bond motifs is 1. The van der Waals surface area contributed by atoms with Crippen molar-refractivity contribution in [1.29, 1.82) is 0 Å². The van der Waals surface area contributed by atoms with Gasteiger partial charge in [0.1, 0.15) is 12.4 Å². The van der Waals surface area contributed by atoms with E-state index in [1.165, 1.54) is 4.40 Å². The lowest BCUT2D eigenvalue weighted by molar-refractivity contribution is -0.117. The van der Waals surface area contributed by atoms with Crippen molar-refractivity contribution in [3.05, 3.63) is 82.4 Å². The summed E-state index contributed by atoms with van der Waals surface area (Å²) < 4.78 is 2.41. The summed E-state index contributed by atoms with van der Waals surface area (Å²) in [6.45, 7) is 3.71. The van der Waals surface area contributed by atoms with Crippen molar-refractivity contribution in [3.63, 3.8) is 0 Å². The first kappa shape index (κ1) is 18.4. The SMILES string of the molecule is Cc1ccc(NC(=O)Cn2nc3nc(Nc4ccccc4)ccn3c2=O)c(C)c1. The second-order valence-corrected chi connectivity index (χ2v) is 6.78. The van der Waals surface area contributed by atoms with E-state index in [1.807, 2.05) is 62.4 Å². The van der Waals surface area contributed by atoms with E-state index in [2.05, 4.69) is 20.7 Å². The number of amides is 1. The number of nitrogens with one attached hydrogen (secondary N) is 2. The van der Waals surface area contributed by atoms with Gasteiger partial charge in [0.2, 0.25) is 5.91 Å². The van der Waals surface area contributed by atoms with Crippen molar-refractivity contribution in [2.75, 3.05) is 10.6 Å². The largest absolute Gasteiger partial charge is 0.352 e. The van der Waals surface area contributed by atoms with Crippen LogP contribution in [0.2, 0.25) is 0 Å². The lowest BCUT2D eigenvalue weighted by Crippen LogP contribution is -2.28. The quantitative estimate of drug-likeness (QED) is 0.548. The fraction of sp³-hybridized carbons (Fsp3) is 0.143. The highest BCUT2D eigenvalue weighted by atomic mass is 16.2. The van der Waals surface area contributed by atoms with E-state index < -0.39 is 5.69 Å². The van der Waals surface area contributed by atoms with Crippen LogP contribution < -0.4 is 16.3 Å². The number of nitrogens with zero attached hydrogens (tertiary/aromatic N) is 4. The molecule has 0 saturated heterocycles. The number of carbonyl (C=O) groups excluding carboxylic acids is 1. The molecule has 8 heteroatoms. The van der Waals surface area contributed by atoms with Crippen LogP contribution in [0.15, 0.2) is 65.6 Å². The van der Waals surface area contributed by atoms with Crippen LogP contribution in [-0.2, 0) is 11.3 Å². The van der Waals surface area contributed by atoms with Crippen molar-refractivity contribution in [3.8, 4) is 0 Å². The van der Waals surface area contributed by atoms with Crippen molar-refractivity contribution in [2.24, 2.45) is 0 Å². The van der Waals surface area contributed by atoms with Crippen LogP contribution in [0.4, 0.5) is 17.2 Å². The summed E-state index contributed by atoms with van der Waals surface area (Å²) in [4.78, 5) is 29.3. The number of anilines is 3. The number of aromatic nitrogens is 4.